The van der Waals surface area contributed by atoms with Crippen molar-refractivity contribution in [2.45, 2.75) is 59.2 Å². The Hall–Kier alpha value is -1.39. The van der Waals surface area contributed by atoms with Gasteiger partial charge in [0.15, 0.2) is 0 Å². The standard InChI is InChI=1S/C17H24O5/c1-8-5-12-11(9(2)16(20)22-12)7-17(4)14(19)6-13(15(8)17)21-10(3)18/h8-9,11-13,15H,5-7H2,1-4H3. The van der Waals surface area contributed by atoms with Gasteiger partial charge in [-0.05, 0) is 18.8 Å². The Morgan fingerprint density at radius 3 is 2.64 bits per heavy atom. The van der Waals surface area contributed by atoms with Crippen molar-refractivity contribution in [2.75, 3.05) is 0 Å². The van der Waals surface area contributed by atoms with E-state index in [1.807, 2.05) is 13.8 Å². The van der Waals surface area contributed by atoms with Crippen LogP contribution in [0.15, 0.2) is 0 Å². The molecule has 0 aromatic heterocycles. The number of esters is 2. The van der Waals surface area contributed by atoms with Crippen molar-refractivity contribution in [3.63, 3.8) is 0 Å². The van der Waals surface area contributed by atoms with Crippen LogP contribution in [0.2, 0.25) is 0 Å². The van der Waals surface area contributed by atoms with Crippen molar-refractivity contribution in [3.8, 4) is 0 Å². The highest BCUT2D eigenvalue weighted by Gasteiger charge is 2.60. The van der Waals surface area contributed by atoms with Gasteiger partial charge in [-0.15, -0.1) is 0 Å². The van der Waals surface area contributed by atoms with E-state index in [0.29, 0.717) is 12.8 Å². The van der Waals surface area contributed by atoms with E-state index in [1.54, 1.807) is 0 Å². The molecule has 3 rings (SSSR count). The Kier molecular flexibility index (Phi) is 3.57. The average Bonchev–Trinajstić information content (AvgIpc) is 2.73. The highest BCUT2D eigenvalue weighted by atomic mass is 16.6. The molecule has 3 aliphatic rings. The quantitative estimate of drug-likeness (QED) is 0.694. The molecule has 3 fully saturated rings. The van der Waals surface area contributed by atoms with Gasteiger partial charge in [0.05, 0.1) is 5.92 Å². The fourth-order valence-electron chi connectivity index (χ4n) is 5.09. The van der Waals surface area contributed by atoms with Crippen molar-refractivity contribution in [1.29, 1.82) is 0 Å². The van der Waals surface area contributed by atoms with Gasteiger partial charge in [-0.1, -0.05) is 20.8 Å². The number of ketones is 1. The molecular weight excluding hydrogens is 284 g/mol. The third-order valence-electron chi connectivity index (χ3n) is 6.11. The molecule has 122 valence electrons. The summed E-state index contributed by atoms with van der Waals surface area (Å²) in [7, 11) is 0. The lowest BCUT2D eigenvalue weighted by Gasteiger charge is -2.35. The monoisotopic (exact) mass is 308 g/mol. The van der Waals surface area contributed by atoms with Gasteiger partial charge in [0.25, 0.3) is 0 Å². The number of carbonyl (C=O) groups is 3. The van der Waals surface area contributed by atoms with Crippen LogP contribution in [-0.2, 0) is 23.9 Å². The van der Waals surface area contributed by atoms with E-state index in [9.17, 15) is 14.4 Å². The highest BCUT2D eigenvalue weighted by molar-refractivity contribution is 5.88. The lowest BCUT2D eigenvalue weighted by Crippen LogP contribution is -2.37. The second-order valence-corrected chi connectivity index (χ2v) is 7.56. The molecule has 1 saturated heterocycles. The van der Waals surface area contributed by atoms with Crippen molar-refractivity contribution in [1.82, 2.24) is 0 Å². The van der Waals surface area contributed by atoms with Crippen LogP contribution in [0.5, 0.6) is 0 Å². The average molecular weight is 308 g/mol. The van der Waals surface area contributed by atoms with E-state index in [0.717, 1.165) is 6.42 Å². The maximum Gasteiger partial charge on any atom is 0.309 e. The maximum atomic E-state index is 12.7. The Bertz CT molecular complexity index is 527. The smallest absolute Gasteiger partial charge is 0.309 e. The molecule has 5 heteroatoms. The van der Waals surface area contributed by atoms with Crippen molar-refractivity contribution in [3.05, 3.63) is 0 Å². The molecule has 0 spiro atoms. The second kappa shape index (κ2) is 5.07. The van der Waals surface area contributed by atoms with E-state index >= 15 is 0 Å². The number of fused-ring (bicyclic) bond motifs is 2. The summed E-state index contributed by atoms with van der Waals surface area (Å²) >= 11 is 0. The topological polar surface area (TPSA) is 69.7 Å². The van der Waals surface area contributed by atoms with Gasteiger partial charge in [-0.3, -0.25) is 14.4 Å². The van der Waals surface area contributed by atoms with E-state index in [4.69, 9.17) is 9.47 Å². The van der Waals surface area contributed by atoms with Gasteiger partial charge in [-0.25, -0.2) is 0 Å². The molecule has 0 bridgehead atoms. The molecule has 0 amide bonds. The number of Topliss-reactive ketones (excluding diaryl/α,β-unsaturated/α-hetero) is 1. The molecule has 5 nitrogen and oxygen atoms in total. The number of rotatable bonds is 1. The molecule has 2 aliphatic carbocycles. The summed E-state index contributed by atoms with van der Waals surface area (Å²) in [5, 5.41) is 0. The fraction of sp³-hybridized carbons (Fsp3) is 0.824. The fourth-order valence-corrected chi connectivity index (χ4v) is 5.09. The summed E-state index contributed by atoms with van der Waals surface area (Å²) in [6.07, 6.45) is 1.24. The molecule has 0 radical (unpaired) electrons. The van der Waals surface area contributed by atoms with Gasteiger partial charge in [-0.2, -0.15) is 0 Å². The number of hydrogen-bond donors (Lipinski definition) is 0. The molecule has 0 aromatic rings. The second-order valence-electron chi connectivity index (χ2n) is 7.56. The summed E-state index contributed by atoms with van der Waals surface area (Å²) in [5.74, 6) is -0.208. The normalized spacial score (nSPS) is 47.5. The molecule has 7 unspecified atom stereocenters. The van der Waals surface area contributed by atoms with Crippen LogP contribution in [0.4, 0.5) is 0 Å². The zero-order chi connectivity index (χ0) is 16.2. The predicted molar refractivity (Wildman–Crippen MR) is 77.7 cm³/mol. The van der Waals surface area contributed by atoms with Crippen LogP contribution in [0.25, 0.3) is 0 Å². The lowest BCUT2D eigenvalue weighted by molar-refractivity contribution is -0.150. The summed E-state index contributed by atoms with van der Waals surface area (Å²) in [6.45, 7) is 7.35. The van der Waals surface area contributed by atoms with Gasteiger partial charge in [0, 0.05) is 30.6 Å². The van der Waals surface area contributed by atoms with Gasteiger partial charge < -0.3 is 9.47 Å². The first-order valence-corrected chi connectivity index (χ1v) is 8.15. The first kappa shape index (κ1) is 15.5. The maximum absolute atomic E-state index is 12.7. The van der Waals surface area contributed by atoms with E-state index in [1.165, 1.54) is 6.92 Å². The summed E-state index contributed by atoms with van der Waals surface area (Å²) < 4.78 is 11.0. The third kappa shape index (κ3) is 2.17. The zero-order valence-electron chi connectivity index (χ0n) is 13.6. The van der Waals surface area contributed by atoms with Crippen LogP contribution >= 0.6 is 0 Å². The molecule has 1 heterocycles. The first-order valence-electron chi connectivity index (χ1n) is 8.15. The zero-order valence-corrected chi connectivity index (χ0v) is 13.6. The minimum absolute atomic E-state index is 0.0143. The van der Waals surface area contributed by atoms with Crippen LogP contribution in [0, 0.1) is 29.1 Å². The minimum atomic E-state index is -0.527. The van der Waals surface area contributed by atoms with Crippen LogP contribution < -0.4 is 0 Å². The van der Waals surface area contributed by atoms with Crippen molar-refractivity contribution in [2.24, 2.45) is 29.1 Å². The van der Waals surface area contributed by atoms with Crippen LogP contribution in [0.3, 0.4) is 0 Å². The Morgan fingerprint density at radius 2 is 2.00 bits per heavy atom. The van der Waals surface area contributed by atoms with Gasteiger partial charge >= 0.3 is 11.9 Å². The highest BCUT2D eigenvalue weighted by Crippen LogP contribution is 2.56. The van der Waals surface area contributed by atoms with Crippen LogP contribution in [0.1, 0.15) is 47.0 Å². The van der Waals surface area contributed by atoms with E-state index in [-0.39, 0.29) is 53.6 Å². The minimum Gasteiger partial charge on any atom is -0.462 e. The molecule has 22 heavy (non-hydrogen) atoms. The molecule has 1 aliphatic heterocycles. The van der Waals surface area contributed by atoms with Crippen molar-refractivity contribution >= 4 is 17.7 Å². The van der Waals surface area contributed by atoms with E-state index in [2.05, 4.69) is 6.92 Å². The summed E-state index contributed by atoms with van der Waals surface area (Å²) in [5.41, 5.74) is -0.527. The third-order valence-corrected chi connectivity index (χ3v) is 6.11. The molecule has 7 atom stereocenters. The SMILES string of the molecule is CC(=O)OC1CC(=O)C2(C)CC3C(CC(C)C12)OC(=O)C3C. The first-order chi connectivity index (χ1) is 10.2. The Balaban J connectivity index is 1.94. The largest absolute Gasteiger partial charge is 0.462 e. The predicted octanol–water partition coefficient (Wildman–Crippen LogP) is 2.12. The van der Waals surface area contributed by atoms with Gasteiger partial charge in [0.1, 0.15) is 18.0 Å². The van der Waals surface area contributed by atoms with Crippen LogP contribution in [-0.4, -0.2) is 29.9 Å². The number of hydrogen-bond acceptors (Lipinski definition) is 5. The summed E-state index contributed by atoms with van der Waals surface area (Å²) in [6, 6.07) is 0. The molecule has 0 N–H and O–H groups in total. The molecule has 2 saturated carbocycles. The Labute approximate surface area is 130 Å². The van der Waals surface area contributed by atoms with E-state index < -0.39 is 5.41 Å². The summed E-state index contributed by atoms with van der Waals surface area (Å²) in [4.78, 5) is 35.9. The van der Waals surface area contributed by atoms with Crippen molar-refractivity contribution < 1.29 is 23.9 Å². The molecule has 0 aromatic carbocycles. The molecular formula is C17H24O5. The van der Waals surface area contributed by atoms with Gasteiger partial charge in [0.2, 0.25) is 0 Å². The number of ether oxygens (including phenoxy) is 2. The lowest BCUT2D eigenvalue weighted by atomic mass is 9.69. The Morgan fingerprint density at radius 1 is 1.32 bits per heavy atom. The number of carbonyl (C=O) groups excluding carboxylic acids is 3.